The molecule has 0 aromatic heterocycles. The predicted octanol–water partition coefficient (Wildman–Crippen LogP) is 1.31. The summed E-state index contributed by atoms with van der Waals surface area (Å²) in [6.45, 7) is 3.24. The van der Waals surface area contributed by atoms with E-state index in [0.29, 0.717) is 50.6 Å². The van der Waals surface area contributed by atoms with E-state index in [-0.39, 0.29) is 30.8 Å². The molecule has 1 N–H and O–H groups in total. The first-order chi connectivity index (χ1) is 13.4. The lowest BCUT2D eigenvalue weighted by atomic mass is 10.1. The maximum atomic E-state index is 12.8. The molecular formula is C20H26N2O6. The molecule has 0 saturated carbocycles. The van der Waals surface area contributed by atoms with Gasteiger partial charge in [0.1, 0.15) is 19.8 Å². The van der Waals surface area contributed by atoms with Gasteiger partial charge in [-0.15, -0.1) is 0 Å². The second kappa shape index (κ2) is 8.95. The zero-order chi connectivity index (χ0) is 20.1. The summed E-state index contributed by atoms with van der Waals surface area (Å²) in [6.07, 6.45) is 2.29. The van der Waals surface area contributed by atoms with E-state index in [2.05, 4.69) is 0 Å². The van der Waals surface area contributed by atoms with Crippen LogP contribution in [0.2, 0.25) is 0 Å². The number of likely N-dealkylation sites (tertiary alicyclic amines) is 1. The average Bonchev–Trinajstić information content (AvgIpc) is 2.92. The first-order valence-electron chi connectivity index (χ1n) is 9.59. The molecule has 1 aromatic carbocycles. The standard InChI is InChI=1S/C20H26N2O6/c1-14(23)22(13-20(25)26)16-3-2-7-21(8-6-16)19(24)12-15-4-5-17-18(11-15)28-10-9-27-17/h4-5,11,16H,2-3,6-10,12-13H2,1H3,(H,25,26). The van der Waals surface area contributed by atoms with Crippen LogP contribution in [0.5, 0.6) is 11.5 Å². The smallest absolute Gasteiger partial charge is 0.323 e. The van der Waals surface area contributed by atoms with Gasteiger partial charge in [0.25, 0.3) is 0 Å². The van der Waals surface area contributed by atoms with E-state index in [0.717, 1.165) is 12.0 Å². The predicted molar refractivity (Wildman–Crippen MR) is 100 cm³/mol. The molecular weight excluding hydrogens is 364 g/mol. The first kappa shape index (κ1) is 20.0. The molecule has 3 rings (SSSR count). The topological polar surface area (TPSA) is 96.4 Å². The molecule has 2 heterocycles. The second-order valence-electron chi connectivity index (χ2n) is 7.16. The van der Waals surface area contributed by atoms with Gasteiger partial charge in [0.05, 0.1) is 6.42 Å². The maximum absolute atomic E-state index is 12.8. The van der Waals surface area contributed by atoms with Crippen molar-refractivity contribution < 1.29 is 29.0 Å². The molecule has 2 aliphatic heterocycles. The highest BCUT2D eigenvalue weighted by Gasteiger charge is 2.27. The van der Waals surface area contributed by atoms with Crippen molar-refractivity contribution in [2.24, 2.45) is 0 Å². The Hall–Kier alpha value is -2.77. The number of nitrogens with zero attached hydrogens (tertiary/aromatic N) is 2. The van der Waals surface area contributed by atoms with Crippen LogP contribution in [0.4, 0.5) is 0 Å². The van der Waals surface area contributed by atoms with Gasteiger partial charge >= 0.3 is 5.97 Å². The molecule has 0 radical (unpaired) electrons. The number of ether oxygens (including phenoxy) is 2. The van der Waals surface area contributed by atoms with Gasteiger partial charge in [-0.1, -0.05) is 6.07 Å². The van der Waals surface area contributed by atoms with E-state index >= 15 is 0 Å². The highest BCUT2D eigenvalue weighted by molar-refractivity contribution is 5.80. The van der Waals surface area contributed by atoms with Crippen LogP contribution in [0, 0.1) is 0 Å². The molecule has 152 valence electrons. The lowest BCUT2D eigenvalue weighted by Crippen LogP contribution is -2.43. The Morgan fingerprint density at radius 3 is 2.61 bits per heavy atom. The molecule has 1 aromatic rings. The summed E-state index contributed by atoms with van der Waals surface area (Å²) in [5.41, 5.74) is 0.867. The Morgan fingerprint density at radius 1 is 1.14 bits per heavy atom. The van der Waals surface area contributed by atoms with Crippen LogP contribution >= 0.6 is 0 Å². The Kier molecular flexibility index (Phi) is 6.38. The largest absolute Gasteiger partial charge is 0.486 e. The van der Waals surface area contributed by atoms with Crippen molar-refractivity contribution in [3.8, 4) is 11.5 Å². The van der Waals surface area contributed by atoms with E-state index in [9.17, 15) is 14.4 Å². The Balaban J connectivity index is 1.59. The van der Waals surface area contributed by atoms with Crippen molar-refractivity contribution in [1.29, 1.82) is 0 Å². The summed E-state index contributed by atoms with van der Waals surface area (Å²) in [4.78, 5) is 38.8. The van der Waals surface area contributed by atoms with E-state index in [4.69, 9.17) is 14.6 Å². The number of hydrogen-bond acceptors (Lipinski definition) is 5. The molecule has 0 aliphatic carbocycles. The third-order valence-electron chi connectivity index (χ3n) is 5.16. The maximum Gasteiger partial charge on any atom is 0.323 e. The summed E-state index contributed by atoms with van der Waals surface area (Å²) in [7, 11) is 0. The summed E-state index contributed by atoms with van der Waals surface area (Å²) in [6, 6.07) is 5.39. The van der Waals surface area contributed by atoms with Crippen LogP contribution < -0.4 is 9.47 Å². The number of amides is 2. The zero-order valence-electron chi connectivity index (χ0n) is 16.1. The lowest BCUT2D eigenvalue weighted by molar-refractivity contribution is -0.145. The fourth-order valence-corrected chi connectivity index (χ4v) is 3.77. The van der Waals surface area contributed by atoms with Crippen LogP contribution in [0.25, 0.3) is 0 Å². The van der Waals surface area contributed by atoms with Crippen molar-refractivity contribution in [1.82, 2.24) is 9.80 Å². The third-order valence-corrected chi connectivity index (χ3v) is 5.16. The van der Waals surface area contributed by atoms with Crippen molar-refractivity contribution in [2.75, 3.05) is 32.8 Å². The number of benzene rings is 1. The molecule has 8 nitrogen and oxygen atoms in total. The van der Waals surface area contributed by atoms with E-state index in [1.165, 1.54) is 11.8 Å². The summed E-state index contributed by atoms with van der Waals surface area (Å²) >= 11 is 0. The van der Waals surface area contributed by atoms with E-state index in [1.807, 2.05) is 18.2 Å². The van der Waals surface area contributed by atoms with Gasteiger partial charge < -0.3 is 24.4 Å². The minimum Gasteiger partial charge on any atom is -0.486 e. The number of carbonyl (C=O) groups is 3. The number of carbonyl (C=O) groups excluding carboxylic acids is 2. The fraction of sp³-hybridized carbons (Fsp3) is 0.550. The normalized spacial score (nSPS) is 18.9. The molecule has 1 saturated heterocycles. The number of carboxylic acids is 1. The van der Waals surface area contributed by atoms with E-state index in [1.54, 1.807) is 4.90 Å². The first-order valence-corrected chi connectivity index (χ1v) is 9.59. The average molecular weight is 390 g/mol. The number of hydrogen-bond donors (Lipinski definition) is 1. The zero-order valence-corrected chi connectivity index (χ0v) is 16.1. The van der Waals surface area contributed by atoms with Crippen molar-refractivity contribution in [3.63, 3.8) is 0 Å². The van der Waals surface area contributed by atoms with Gasteiger partial charge in [-0.05, 0) is 37.0 Å². The van der Waals surface area contributed by atoms with Gasteiger partial charge in [-0.3, -0.25) is 14.4 Å². The number of rotatable bonds is 5. The number of fused-ring (bicyclic) bond motifs is 1. The number of carboxylic acid groups (broad SMARTS) is 1. The monoisotopic (exact) mass is 390 g/mol. The van der Waals surface area contributed by atoms with Gasteiger partial charge in [-0.25, -0.2) is 0 Å². The molecule has 0 bridgehead atoms. The van der Waals surface area contributed by atoms with Crippen LogP contribution in [-0.2, 0) is 20.8 Å². The highest BCUT2D eigenvalue weighted by atomic mass is 16.6. The molecule has 28 heavy (non-hydrogen) atoms. The molecule has 2 aliphatic rings. The molecule has 1 unspecified atom stereocenters. The second-order valence-corrected chi connectivity index (χ2v) is 7.16. The quantitative estimate of drug-likeness (QED) is 0.814. The minimum atomic E-state index is -1.02. The van der Waals surface area contributed by atoms with Crippen LogP contribution in [0.3, 0.4) is 0 Å². The van der Waals surface area contributed by atoms with Crippen LogP contribution in [0.15, 0.2) is 18.2 Å². The van der Waals surface area contributed by atoms with Crippen LogP contribution in [-0.4, -0.2) is 71.6 Å². The molecule has 0 spiro atoms. The van der Waals surface area contributed by atoms with Gasteiger partial charge in [0.15, 0.2) is 11.5 Å². The van der Waals surface area contributed by atoms with Gasteiger partial charge in [-0.2, -0.15) is 0 Å². The Bertz CT molecular complexity index is 750. The summed E-state index contributed by atoms with van der Waals surface area (Å²) in [5, 5.41) is 9.04. The van der Waals surface area contributed by atoms with Crippen LogP contribution in [0.1, 0.15) is 31.7 Å². The minimum absolute atomic E-state index is 0.0185. The summed E-state index contributed by atoms with van der Waals surface area (Å²) in [5.74, 6) is 0.112. The van der Waals surface area contributed by atoms with Gasteiger partial charge in [0, 0.05) is 26.1 Å². The van der Waals surface area contributed by atoms with Crippen molar-refractivity contribution >= 4 is 17.8 Å². The van der Waals surface area contributed by atoms with Crippen molar-refractivity contribution in [3.05, 3.63) is 23.8 Å². The van der Waals surface area contributed by atoms with Crippen molar-refractivity contribution in [2.45, 2.75) is 38.6 Å². The molecule has 1 atom stereocenters. The molecule has 1 fully saturated rings. The molecule has 8 heteroatoms. The fourth-order valence-electron chi connectivity index (χ4n) is 3.77. The third kappa shape index (κ3) is 4.94. The SMILES string of the molecule is CC(=O)N(CC(=O)O)C1CCCN(C(=O)Cc2ccc3c(c2)OCCO3)CC1. The van der Waals surface area contributed by atoms with E-state index < -0.39 is 5.97 Å². The Morgan fingerprint density at radius 2 is 1.89 bits per heavy atom. The summed E-state index contributed by atoms with van der Waals surface area (Å²) < 4.78 is 11.1. The highest BCUT2D eigenvalue weighted by Crippen LogP contribution is 2.31. The molecule has 2 amide bonds. The number of aliphatic carboxylic acids is 1. The Labute approximate surface area is 164 Å². The van der Waals surface area contributed by atoms with Gasteiger partial charge in [0.2, 0.25) is 11.8 Å². The lowest BCUT2D eigenvalue weighted by Gasteiger charge is -2.29.